The normalized spacial score (nSPS) is 10.9. The van der Waals surface area contributed by atoms with Crippen LogP contribution in [0.3, 0.4) is 0 Å². The molecule has 0 bridgehead atoms. The molecule has 6 nitrogen and oxygen atoms in total. The molecule has 0 radical (unpaired) electrons. The molecule has 168 valence electrons. The SMILES string of the molecule is Cc1ccc(-c2nc(OCC(C)C)nn2-c2ccc(NC(=O)c3ccccc3F)cc2)cc1. The van der Waals surface area contributed by atoms with E-state index in [9.17, 15) is 9.18 Å². The highest BCUT2D eigenvalue weighted by atomic mass is 19.1. The summed E-state index contributed by atoms with van der Waals surface area (Å²) in [6.45, 7) is 6.66. The number of hydrogen-bond acceptors (Lipinski definition) is 4. The molecule has 0 aliphatic rings. The molecule has 33 heavy (non-hydrogen) atoms. The van der Waals surface area contributed by atoms with Crippen LogP contribution >= 0.6 is 0 Å². The summed E-state index contributed by atoms with van der Waals surface area (Å²) in [6.07, 6.45) is 0. The molecule has 1 amide bonds. The Balaban J connectivity index is 1.61. The largest absolute Gasteiger partial charge is 0.462 e. The number of anilines is 1. The van der Waals surface area contributed by atoms with E-state index in [1.54, 1.807) is 28.9 Å². The van der Waals surface area contributed by atoms with Gasteiger partial charge in [0, 0.05) is 11.3 Å². The van der Waals surface area contributed by atoms with Gasteiger partial charge < -0.3 is 10.1 Å². The number of benzene rings is 3. The van der Waals surface area contributed by atoms with Crippen LogP contribution < -0.4 is 10.1 Å². The number of aromatic nitrogens is 3. The van der Waals surface area contributed by atoms with Gasteiger partial charge in [-0.05, 0) is 49.2 Å². The summed E-state index contributed by atoms with van der Waals surface area (Å²) in [5.74, 6) is -0.0776. The number of amides is 1. The molecule has 1 heterocycles. The van der Waals surface area contributed by atoms with Crippen LogP contribution in [0.15, 0.2) is 72.8 Å². The second kappa shape index (κ2) is 9.65. The summed E-state index contributed by atoms with van der Waals surface area (Å²) in [5.41, 5.74) is 3.34. The Labute approximate surface area is 192 Å². The Morgan fingerprint density at radius 3 is 2.39 bits per heavy atom. The molecule has 0 unspecified atom stereocenters. The Morgan fingerprint density at radius 2 is 1.73 bits per heavy atom. The molecule has 0 spiro atoms. The molecule has 0 saturated carbocycles. The van der Waals surface area contributed by atoms with E-state index < -0.39 is 11.7 Å². The number of hydrogen-bond donors (Lipinski definition) is 1. The van der Waals surface area contributed by atoms with Crippen LogP contribution in [0.1, 0.15) is 29.8 Å². The summed E-state index contributed by atoms with van der Waals surface area (Å²) in [6, 6.07) is 21.3. The molecular formula is C26H25FN4O2. The van der Waals surface area contributed by atoms with Gasteiger partial charge in [0.1, 0.15) is 5.82 Å². The number of nitrogens with one attached hydrogen (secondary N) is 1. The van der Waals surface area contributed by atoms with Crippen molar-refractivity contribution in [3.05, 3.63) is 89.7 Å². The van der Waals surface area contributed by atoms with E-state index in [2.05, 4.69) is 29.2 Å². The first-order valence-corrected chi connectivity index (χ1v) is 10.7. The minimum atomic E-state index is -0.564. The monoisotopic (exact) mass is 444 g/mol. The summed E-state index contributed by atoms with van der Waals surface area (Å²) >= 11 is 0. The van der Waals surface area contributed by atoms with Crippen molar-refractivity contribution in [3.63, 3.8) is 0 Å². The lowest BCUT2D eigenvalue weighted by molar-refractivity contribution is 0.102. The number of nitrogens with zero attached hydrogens (tertiary/aromatic N) is 3. The fraction of sp³-hybridized carbons (Fsp3) is 0.192. The summed E-state index contributed by atoms with van der Waals surface area (Å²) in [7, 11) is 0. The quantitative estimate of drug-likeness (QED) is 0.399. The number of aryl methyl sites for hydroxylation is 1. The number of halogens is 1. The standard InChI is InChI=1S/C26H25FN4O2/c1-17(2)16-33-26-29-24(19-10-8-18(3)9-11-19)31(30-26)21-14-12-20(13-15-21)28-25(32)22-6-4-5-7-23(22)27/h4-15,17H,16H2,1-3H3,(H,28,32). The number of carbonyl (C=O) groups is 1. The molecule has 4 rings (SSSR count). The third-order valence-corrected chi connectivity index (χ3v) is 4.93. The van der Waals surface area contributed by atoms with E-state index in [0.29, 0.717) is 30.0 Å². The van der Waals surface area contributed by atoms with E-state index in [4.69, 9.17) is 4.74 Å². The van der Waals surface area contributed by atoms with Gasteiger partial charge in [-0.15, -0.1) is 5.10 Å². The van der Waals surface area contributed by atoms with Crippen molar-refractivity contribution in [3.8, 4) is 23.1 Å². The first-order valence-electron chi connectivity index (χ1n) is 10.7. The van der Waals surface area contributed by atoms with Crippen molar-refractivity contribution in [2.75, 3.05) is 11.9 Å². The van der Waals surface area contributed by atoms with Crippen molar-refractivity contribution in [1.29, 1.82) is 0 Å². The molecule has 7 heteroatoms. The van der Waals surface area contributed by atoms with E-state index in [1.165, 1.54) is 12.1 Å². The lowest BCUT2D eigenvalue weighted by Crippen LogP contribution is -2.13. The number of ether oxygens (including phenoxy) is 1. The lowest BCUT2D eigenvalue weighted by atomic mass is 10.1. The van der Waals surface area contributed by atoms with Crippen LogP contribution in [-0.2, 0) is 0 Å². The van der Waals surface area contributed by atoms with Gasteiger partial charge in [0.2, 0.25) is 0 Å². The molecule has 1 N–H and O–H groups in total. The molecule has 0 aliphatic carbocycles. The second-order valence-electron chi connectivity index (χ2n) is 8.18. The predicted molar refractivity (Wildman–Crippen MR) is 126 cm³/mol. The van der Waals surface area contributed by atoms with Crippen molar-refractivity contribution in [1.82, 2.24) is 14.8 Å². The highest BCUT2D eigenvalue weighted by Crippen LogP contribution is 2.25. The van der Waals surface area contributed by atoms with Gasteiger partial charge >= 0.3 is 6.01 Å². The van der Waals surface area contributed by atoms with Crippen molar-refractivity contribution >= 4 is 11.6 Å². The van der Waals surface area contributed by atoms with Gasteiger partial charge in [-0.25, -0.2) is 9.07 Å². The highest BCUT2D eigenvalue weighted by Gasteiger charge is 2.16. The highest BCUT2D eigenvalue weighted by molar-refractivity contribution is 6.04. The van der Waals surface area contributed by atoms with Crippen molar-refractivity contribution in [2.24, 2.45) is 5.92 Å². The third-order valence-electron chi connectivity index (χ3n) is 4.93. The maximum Gasteiger partial charge on any atom is 0.336 e. The molecule has 1 aromatic heterocycles. The minimum absolute atomic E-state index is 0.00791. The zero-order valence-electron chi connectivity index (χ0n) is 18.7. The third kappa shape index (κ3) is 5.26. The first-order chi connectivity index (χ1) is 15.9. The maximum absolute atomic E-state index is 13.9. The smallest absolute Gasteiger partial charge is 0.336 e. The van der Waals surface area contributed by atoms with E-state index in [-0.39, 0.29) is 5.56 Å². The average molecular weight is 445 g/mol. The molecule has 4 aromatic rings. The Bertz CT molecular complexity index is 1250. The predicted octanol–water partition coefficient (Wildman–Crippen LogP) is 5.67. The van der Waals surface area contributed by atoms with Gasteiger partial charge in [0.05, 0.1) is 17.9 Å². The molecular weight excluding hydrogens is 419 g/mol. The van der Waals surface area contributed by atoms with Gasteiger partial charge in [-0.1, -0.05) is 55.8 Å². The number of rotatable bonds is 7. The topological polar surface area (TPSA) is 69.0 Å². The first kappa shape index (κ1) is 22.2. The Morgan fingerprint density at radius 1 is 1.03 bits per heavy atom. The minimum Gasteiger partial charge on any atom is -0.462 e. The van der Waals surface area contributed by atoms with Crippen molar-refractivity contribution < 1.29 is 13.9 Å². The average Bonchev–Trinajstić information content (AvgIpc) is 3.23. The summed E-state index contributed by atoms with van der Waals surface area (Å²) in [4.78, 5) is 17.0. The summed E-state index contributed by atoms with van der Waals surface area (Å²) < 4.78 is 21.4. The molecule has 0 aliphatic heterocycles. The van der Waals surface area contributed by atoms with Crippen LogP contribution in [-0.4, -0.2) is 27.3 Å². The van der Waals surface area contributed by atoms with Crippen LogP contribution in [0.25, 0.3) is 17.1 Å². The van der Waals surface area contributed by atoms with Crippen LogP contribution in [0.4, 0.5) is 10.1 Å². The molecule has 0 fully saturated rings. The molecule has 0 saturated heterocycles. The van der Waals surface area contributed by atoms with Crippen LogP contribution in [0.5, 0.6) is 6.01 Å². The zero-order valence-corrected chi connectivity index (χ0v) is 18.7. The van der Waals surface area contributed by atoms with E-state index in [1.807, 2.05) is 43.3 Å². The molecule has 0 atom stereocenters. The summed E-state index contributed by atoms with van der Waals surface area (Å²) in [5, 5.41) is 7.27. The Kier molecular flexibility index (Phi) is 6.49. The van der Waals surface area contributed by atoms with E-state index >= 15 is 0 Å². The molecule has 3 aromatic carbocycles. The van der Waals surface area contributed by atoms with Crippen LogP contribution in [0.2, 0.25) is 0 Å². The van der Waals surface area contributed by atoms with Crippen LogP contribution in [0, 0.1) is 18.7 Å². The van der Waals surface area contributed by atoms with Gasteiger partial charge in [-0.2, -0.15) is 4.98 Å². The number of carbonyl (C=O) groups excluding carboxylic acids is 1. The maximum atomic E-state index is 13.9. The fourth-order valence-corrected chi connectivity index (χ4v) is 3.19. The fourth-order valence-electron chi connectivity index (χ4n) is 3.19. The van der Waals surface area contributed by atoms with Gasteiger partial charge in [0.15, 0.2) is 5.82 Å². The van der Waals surface area contributed by atoms with Gasteiger partial charge in [-0.3, -0.25) is 4.79 Å². The Hall–Kier alpha value is -4.00. The van der Waals surface area contributed by atoms with E-state index in [0.717, 1.165) is 16.8 Å². The second-order valence-corrected chi connectivity index (χ2v) is 8.18. The van der Waals surface area contributed by atoms with Gasteiger partial charge in [0.25, 0.3) is 5.91 Å². The lowest BCUT2D eigenvalue weighted by Gasteiger charge is -2.09. The van der Waals surface area contributed by atoms with Crippen molar-refractivity contribution in [2.45, 2.75) is 20.8 Å². The zero-order chi connectivity index (χ0) is 23.4.